The van der Waals surface area contributed by atoms with Gasteiger partial charge in [0.2, 0.25) is 0 Å². The van der Waals surface area contributed by atoms with Crippen LogP contribution in [0.1, 0.15) is 28.3 Å². The molecule has 0 saturated carbocycles. The highest BCUT2D eigenvalue weighted by molar-refractivity contribution is 6.51. The summed E-state index contributed by atoms with van der Waals surface area (Å²) in [6.45, 7) is 3.86. The van der Waals surface area contributed by atoms with E-state index in [4.69, 9.17) is 16.3 Å². The fourth-order valence-electron chi connectivity index (χ4n) is 4.02. The van der Waals surface area contributed by atoms with Crippen molar-refractivity contribution in [3.8, 4) is 5.75 Å². The molecule has 0 aliphatic carbocycles. The second-order valence-electron chi connectivity index (χ2n) is 7.74. The number of aryl methyl sites for hydroxylation is 2. The van der Waals surface area contributed by atoms with E-state index in [-0.39, 0.29) is 11.3 Å². The number of carbonyl (C=O) groups excluding carboxylic acids is 2. The zero-order valence-corrected chi connectivity index (χ0v) is 18.7. The summed E-state index contributed by atoms with van der Waals surface area (Å²) in [5.74, 6) is -1.02. The molecular formula is C26H22ClNO4. The van der Waals surface area contributed by atoms with Crippen molar-refractivity contribution < 1.29 is 19.4 Å². The van der Waals surface area contributed by atoms with Crippen LogP contribution in [-0.4, -0.2) is 23.9 Å². The van der Waals surface area contributed by atoms with Crippen LogP contribution in [0.15, 0.2) is 72.3 Å². The van der Waals surface area contributed by atoms with Crippen molar-refractivity contribution >= 4 is 34.7 Å². The van der Waals surface area contributed by atoms with Crippen molar-refractivity contribution in [1.82, 2.24) is 0 Å². The third-order valence-corrected chi connectivity index (χ3v) is 5.86. The molecule has 0 radical (unpaired) electrons. The van der Waals surface area contributed by atoms with Gasteiger partial charge >= 0.3 is 0 Å². The molecule has 3 aromatic carbocycles. The maximum absolute atomic E-state index is 13.2. The lowest BCUT2D eigenvalue weighted by atomic mass is 9.94. The first-order valence-electron chi connectivity index (χ1n) is 10.1. The van der Waals surface area contributed by atoms with E-state index >= 15 is 0 Å². The number of Topliss-reactive ketones (excluding diaryl/α,β-unsaturated/α-hetero) is 1. The number of aliphatic hydroxyl groups is 1. The molecule has 5 nitrogen and oxygen atoms in total. The van der Waals surface area contributed by atoms with Crippen LogP contribution < -0.4 is 9.64 Å². The molecular weight excluding hydrogens is 426 g/mol. The van der Waals surface area contributed by atoms with Gasteiger partial charge in [0.05, 0.1) is 18.7 Å². The quantitative estimate of drug-likeness (QED) is 0.321. The topological polar surface area (TPSA) is 66.8 Å². The predicted octanol–water partition coefficient (Wildman–Crippen LogP) is 5.59. The Bertz CT molecular complexity index is 1230. The number of nitrogens with zero attached hydrogens (tertiary/aromatic N) is 1. The summed E-state index contributed by atoms with van der Waals surface area (Å²) in [4.78, 5) is 27.9. The lowest BCUT2D eigenvalue weighted by Crippen LogP contribution is -2.30. The molecule has 1 atom stereocenters. The average Bonchev–Trinajstić information content (AvgIpc) is 3.04. The van der Waals surface area contributed by atoms with Crippen molar-refractivity contribution in [3.05, 3.63) is 99.6 Å². The number of ether oxygens (including phenoxy) is 1. The number of benzene rings is 3. The minimum absolute atomic E-state index is 0.0301. The maximum atomic E-state index is 13.2. The van der Waals surface area contributed by atoms with Gasteiger partial charge in [0, 0.05) is 16.3 Å². The van der Waals surface area contributed by atoms with E-state index in [2.05, 4.69) is 0 Å². The third kappa shape index (κ3) is 3.76. The van der Waals surface area contributed by atoms with Crippen LogP contribution in [0.2, 0.25) is 5.02 Å². The van der Waals surface area contributed by atoms with E-state index in [0.717, 1.165) is 11.1 Å². The van der Waals surface area contributed by atoms with Gasteiger partial charge in [-0.3, -0.25) is 14.5 Å². The Morgan fingerprint density at radius 1 is 0.969 bits per heavy atom. The summed E-state index contributed by atoms with van der Waals surface area (Å²) in [5, 5.41) is 11.6. The molecule has 1 aliphatic heterocycles. The molecule has 1 amide bonds. The van der Waals surface area contributed by atoms with Gasteiger partial charge in [0.1, 0.15) is 11.5 Å². The van der Waals surface area contributed by atoms with Gasteiger partial charge < -0.3 is 9.84 Å². The van der Waals surface area contributed by atoms with Gasteiger partial charge in [0.25, 0.3) is 11.7 Å². The van der Waals surface area contributed by atoms with Crippen LogP contribution in [0.5, 0.6) is 5.75 Å². The normalized spacial score (nSPS) is 17.6. The standard InChI is InChI=1S/C26H22ClNO4/c1-15-4-13-21(16(2)14-15)28-23(17-7-11-20(32-3)12-8-17)22(25(30)26(28)31)24(29)18-5-9-19(27)10-6-18/h4-14,23,29H,1-3H3/b24-22+. The van der Waals surface area contributed by atoms with Crippen molar-refractivity contribution in [1.29, 1.82) is 0 Å². The number of hydrogen-bond acceptors (Lipinski definition) is 4. The van der Waals surface area contributed by atoms with E-state index in [1.807, 2.05) is 32.0 Å². The van der Waals surface area contributed by atoms with E-state index < -0.39 is 17.7 Å². The summed E-state index contributed by atoms with van der Waals surface area (Å²) in [6, 6.07) is 18.5. The molecule has 0 bridgehead atoms. The highest BCUT2D eigenvalue weighted by Gasteiger charge is 2.47. The molecule has 1 aliphatic rings. The third-order valence-electron chi connectivity index (χ3n) is 5.61. The number of carbonyl (C=O) groups is 2. The average molecular weight is 448 g/mol. The van der Waals surface area contributed by atoms with Gasteiger partial charge in [0.15, 0.2) is 0 Å². The second-order valence-corrected chi connectivity index (χ2v) is 8.18. The summed E-state index contributed by atoms with van der Waals surface area (Å²) >= 11 is 5.98. The van der Waals surface area contributed by atoms with E-state index in [1.165, 1.54) is 4.90 Å². The summed E-state index contributed by atoms with van der Waals surface area (Å²) in [7, 11) is 1.57. The van der Waals surface area contributed by atoms with Crippen LogP contribution >= 0.6 is 11.6 Å². The van der Waals surface area contributed by atoms with Crippen molar-refractivity contribution in [3.63, 3.8) is 0 Å². The number of anilines is 1. The smallest absolute Gasteiger partial charge is 0.300 e. The summed E-state index contributed by atoms with van der Waals surface area (Å²) < 4.78 is 5.25. The Kier molecular flexibility index (Phi) is 5.76. The molecule has 6 heteroatoms. The fourth-order valence-corrected chi connectivity index (χ4v) is 4.15. The van der Waals surface area contributed by atoms with Crippen LogP contribution in [0.4, 0.5) is 5.69 Å². The Labute approximate surface area is 191 Å². The van der Waals surface area contributed by atoms with Gasteiger partial charge in [-0.15, -0.1) is 0 Å². The largest absolute Gasteiger partial charge is 0.507 e. The Balaban J connectivity index is 1.95. The molecule has 4 rings (SSSR count). The second kappa shape index (κ2) is 8.52. The molecule has 1 saturated heterocycles. The number of aliphatic hydroxyl groups excluding tert-OH is 1. The van der Waals surface area contributed by atoms with Crippen LogP contribution in [-0.2, 0) is 9.59 Å². The fraction of sp³-hybridized carbons (Fsp3) is 0.154. The Morgan fingerprint density at radius 3 is 2.22 bits per heavy atom. The highest BCUT2D eigenvalue weighted by Crippen LogP contribution is 2.43. The number of hydrogen-bond donors (Lipinski definition) is 1. The molecule has 1 unspecified atom stereocenters. The van der Waals surface area contributed by atoms with Crippen molar-refractivity contribution in [2.24, 2.45) is 0 Å². The zero-order valence-electron chi connectivity index (χ0n) is 17.9. The molecule has 0 spiro atoms. The minimum atomic E-state index is -0.794. The molecule has 162 valence electrons. The van der Waals surface area contributed by atoms with E-state index in [9.17, 15) is 14.7 Å². The van der Waals surface area contributed by atoms with Gasteiger partial charge in [-0.2, -0.15) is 0 Å². The number of methoxy groups -OCH3 is 1. The van der Waals surface area contributed by atoms with Gasteiger partial charge in [-0.05, 0) is 67.4 Å². The number of ketones is 1. The molecule has 32 heavy (non-hydrogen) atoms. The molecule has 1 fully saturated rings. The predicted molar refractivity (Wildman–Crippen MR) is 125 cm³/mol. The van der Waals surface area contributed by atoms with Crippen molar-refractivity contribution in [2.75, 3.05) is 12.0 Å². The zero-order chi connectivity index (χ0) is 23.0. The Morgan fingerprint density at radius 2 is 1.62 bits per heavy atom. The van der Waals surface area contributed by atoms with E-state index in [1.54, 1.807) is 55.6 Å². The highest BCUT2D eigenvalue weighted by atomic mass is 35.5. The summed E-state index contributed by atoms with van der Waals surface area (Å²) in [5.41, 5.74) is 3.64. The SMILES string of the molecule is COc1ccc(C2/C(=C(\O)c3ccc(Cl)cc3)C(=O)C(=O)N2c2ccc(C)cc2C)cc1. The molecule has 1 N–H and O–H groups in total. The van der Waals surface area contributed by atoms with Gasteiger partial charge in [-0.25, -0.2) is 0 Å². The first-order chi connectivity index (χ1) is 15.3. The monoisotopic (exact) mass is 447 g/mol. The number of amides is 1. The van der Waals surface area contributed by atoms with Crippen molar-refractivity contribution in [2.45, 2.75) is 19.9 Å². The lowest BCUT2D eigenvalue weighted by Gasteiger charge is -2.27. The van der Waals surface area contributed by atoms with Gasteiger partial charge in [-0.1, -0.05) is 41.4 Å². The number of halogens is 1. The first-order valence-corrected chi connectivity index (χ1v) is 10.5. The van der Waals surface area contributed by atoms with Crippen LogP contribution in [0.3, 0.4) is 0 Å². The minimum Gasteiger partial charge on any atom is -0.507 e. The summed E-state index contributed by atoms with van der Waals surface area (Å²) in [6.07, 6.45) is 0. The van der Waals surface area contributed by atoms with Crippen LogP contribution in [0, 0.1) is 13.8 Å². The number of rotatable bonds is 4. The molecule has 1 heterocycles. The molecule has 3 aromatic rings. The maximum Gasteiger partial charge on any atom is 0.300 e. The first kappa shape index (κ1) is 21.7. The van der Waals surface area contributed by atoms with Crippen LogP contribution in [0.25, 0.3) is 5.76 Å². The molecule has 0 aromatic heterocycles. The lowest BCUT2D eigenvalue weighted by molar-refractivity contribution is -0.132. The Hall–Kier alpha value is -3.57. The van der Waals surface area contributed by atoms with E-state index in [0.29, 0.717) is 27.6 Å².